The number of esters is 1. The van der Waals surface area contributed by atoms with E-state index in [1.54, 1.807) is 19.9 Å². The van der Waals surface area contributed by atoms with Gasteiger partial charge in [0.25, 0.3) is 5.91 Å². The summed E-state index contributed by atoms with van der Waals surface area (Å²) >= 11 is 0. The molecule has 1 rings (SSSR count). The van der Waals surface area contributed by atoms with Crippen molar-refractivity contribution in [2.45, 2.75) is 33.2 Å². The second-order valence-electron chi connectivity index (χ2n) is 4.50. The number of H-pyrrole nitrogens is 1. The molecule has 6 heteroatoms. The van der Waals surface area contributed by atoms with E-state index in [1.165, 1.54) is 6.20 Å². The quantitative estimate of drug-likeness (QED) is 0.770. The van der Waals surface area contributed by atoms with Crippen LogP contribution in [0.25, 0.3) is 0 Å². The van der Waals surface area contributed by atoms with Crippen LogP contribution in [0.2, 0.25) is 0 Å². The Morgan fingerprint density at radius 1 is 1.56 bits per heavy atom. The highest BCUT2D eigenvalue weighted by Gasteiger charge is 2.40. The molecule has 100 valence electrons. The zero-order valence-electron chi connectivity index (χ0n) is 11.1. The molecule has 1 aromatic heterocycles. The van der Waals surface area contributed by atoms with Gasteiger partial charge in [-0.15, -0.1) is 0 Å². The van der Waals surface area contributed by atoms with Gasteiger partial charge in [0.15, 0.2) is 0 Å². The highest BCUT2D eigenvalue weighted by Crippen LogP contribution is 2.19. The van der Waals surface area contributed by atoms with Gasteiger partial charge in [-0.3, -0.25) is 9.89 Å². The molecule has 0 aliphatic heterocycles. The second kappa shape index (κ2) is 5.66. The molecule has 0 spiro atoms. The maximum atomic E-state index is 11.9. The number of amides is 1. The first-order valence-electron chi connectivity index (χ1n) is 5.91. The van der Waals surface area contributed by atoms with E-state index in [1.807, 2.05) is 13.8 Å². The van der Waals surface area contributed by atoms with Crippen molar-refractivity contribution in [3.05, 3.63) is 18.0 Å². The second-order valence-corrected chi connectivity index (χ2v) is 4.50. The van der Waals surface area contributed by atoms with Crippen LogP contribution in [0.5, 0.6) is 0 Å². The van der Waals surface area contributed by atoms with Crippen molar-refractivity contribution in [3.8, 4) is 0 Å². The Bertz CT molecular complexity index is 414. The highest BCUT2D eigenvalue weighted by atomic mass is 16.5. The Balaban J connectivity index is 2.86. The summed E-state index contributed by atoms with van der Waals surface area (Å²) in [7, 11) is 0. The van der Waals surface area contributed by atoms with Gasteiger partial charge in [0.2, 0.25) is 0 Å². The Morgan fingerprint density at radius 2 is 2.22 bits per heavy atom. The van der Waals surface area contributed by atoms with Crippen LogP contribution in [0.15, 0.2) is 12.3 Å². The molecule has 1 atom stereocenters. The lowest BCUT2D eigenvalue weighted by Gasteiger charge is -2.31. The average molecular weight is 253 g/mol. The van der Waals surface area contributed by atoms with E-state index in [0.717, 1.165) is 0 Å². The number of hydrogen-bond donors (Lipinski definition) is 2. The number of nitrogens with one attached hydrogen (secondary N) is 2. The van der Waals surface area contributed by atoms with E-state index in [4.69, 9.17) is 4.74 Å². The van der Waals surface area contributed by atoms with E-state index in [0.29, 0.717) is 5.69 Å². The van der Waals surface area contributed by atoms with Crippen LogP contribution in [0.4, 0.5) is 0 Å². The van der Waals surface area contributed by atoms with Crippen LogP contribution in [-0.4, -0.2) is 34.2 Å². The van der Waals surface area contributed by atoms with Crippen LogP contribution in [-0.2, 0) is 9.53 Å². The molecule has 0 unspecified atom stereocenters. The fourth-order valence-corrected chi connectivity index (χ4v) is 1.40. The van der Waals surface area contributed by atoms with Crippen molar-refractivity contribution in [1.82, 2.24) is 15.5 Å². The lowest BCUT2D eigenvalue weighted by atomic mass is 9.88. The monoisotopic (exact) mass is 253 g/mol. The number of hydrogen-bond acceptors (Lipinski definition) is 4. The van der Waals surface area contributed by atoms with Gasteiger partial charge < -0.3 is 10.1 Å². The zero-order valence-corrected chi connectivity index (χ0v) is 11.1. The van der Waals surface area contributed by atoms with Crippen molar-refractivity contribution in [1.29, 1.82) is 0 Å². The Kier molecular flexibility index (Phi) is 4.47. The summed E-state index contributed by atoms with van der Waals surface area (Å²) in [6.45, 7) is 7.37. The Morgan fingerprint density at radius 3 is 2.67 bits per heavy atom. The minimum atomic E-state index is -1.06. The molecule has 0 aliphatic rings. The van der Waals surface area contributed by atoms with Gasteiger partial charge in [-0.05, 0) is 25.8 Å². The van der Waals surface area contributed by atoms with Crippen LogP contribution >= 0.6 is 0 Å². The van der Waals surface area contributed by atoms with Gasteiger partial charge >= 0.3 is 5.97 Å². The SMILES string of the molecule is CCOC(=O)[C@](C)(NC(=O)c1ccn[nH]1)C(C)C. The zero-order chi connectivity index (χ0) is 13.8. The van der Waals surface area contributed by atoms with Crippen LogP contribution in [0.1, 0.15) is 38.2 Å². The maximum absolute atomic E-state index is 11.9. The average Bonchev–Trinajstić information content (AvgIpc) is 2.82. The third-order valence-corrected chi connectivity index (χ3v) is 2.97. The van der Waals surface area contributed by atoms with Crippen LogP contribution in [0, 0.1) is 5.92 Å². The van der Waals surface area contributed by atoms with Gasteiger partial charge in [-0.2, -0.15) is 5.10 Å². The summed E-state index contributed by atoms with van der Waals surface area (Å²) in [6.07, 6.45) is 1.48. The standard InChI is InChI=1S/C12H19N3O3/c1-5-18-11(17)12(4,8(2)3)14-10(16)9-6-7-13-15-9/h6-8H,5H2,1-4H3,(H,13,15)(H,14,16)/t12-/m1/s1. The van der Waals surface area contributed by atoms with Crippen molar-refractivity contribution in [3.63, 3.8) is 0 Å². The summed E-state index contributed by atoms with van der Waals surface area (Å²) in [4.78, 5) is 23.9. The molecule has 0 bridgehead atoms. The normalized spacial score (nSPS) is 14.1. The molecule has 0 saturated heterocycles. The molecule has 1 heterocycles. The van der Waals surface area contributed by atoms with E-state index >= 15 is 0 Å². The van der Waals surface area contributed by atoms with E-state index < -0.39 is 11.5 Å². The molecular formula is C12H19N3O3. The van der Waals surface area contributed by atoms with Crippen molar-refractivity contribution in [2.24, 2.45) is 5.92 Å². The van der Waals surface area contributed by atoms with E-state index in [9.17, 15) is 9.59 Å². The number of aromatic amines is 1. The summed E-state index contributed by atoms with van der Waals surface area (Å²) in [5.74, 6) is -0.909. The van der Waals surface area contributed by atoms with E-state index in [2.05, 4.69) is 15.5 Å². The number of ether oxygens (including phenoxy) is 1. The van der Waals surface area contributed by atoms with Crippen molar-refractivity contribution in [2.75, 3.05) is 6.61 Å². The van der Waals surface area contributed by atoms with Gasteiger partial charge in [0.05, 0.1) is 6.61 Å². The number of carbonyl (C=O) groups excluding carboxylic acids is 2. The Labute approximate surface area is 106 Å². The third-order valence-electron chi connectivity index (χ3n) is 2.97. The highest BCUT2D eigenvalue weighted by molar-refractivity contribution is 5.96. The molecule has 0 fully saturated rings. The molecule has 6 nitrogen and oxygen atoms in total. The molecule has 0 aromatic carbocycles. The fourth-order valence-electron chi connectivity index (χ4n) is 1.40. The third kappa shape index (κ3) is 2.88. The van der Waals surface area contributed by atoms with Gasteiger partial charge in [-0.25, -0.2) is 4.79 Å². The Hall–Kier alpha value is -1.85. The molecule has 2 N–H and O–H groups in total. The number of aromatic nitrogens is 2. The van der Waals surface area contributed by atoms with Gasteiger partial charge in [-0.1, -0.05) is 13.8 Å². The van der Waals surface area contributed by atoms with Crippen molar-refractivity contribution < 1.29 is 14.3 Å². The molecule has 0 radical (unpaired) electrons. The molecule has 1 aromatic rings. The first kappa shape index (κ1) is 14.2. The molecule has 18 heavy (non-hydrogen) atoms. The van der Waals surface area contributed by atoms with Gasteiger partial charge in [0.1, 0.15) is 11.2 Å². The predicted octanol–water partition coefficient (Wildman–Crippen LogP) is 1.12. The van der Waals surface area contributed by atoms with Crippen molar-refractivity contribution >= 4 is 11.9 Å². The minimum Gasteiger partial charge on any atom is -0.464 e. The minimum absolute atomic E-state index is 0.0941. The molecule has 0 saturated carbocycles. The summed E-state index contributed by atoms with van der Waals surface area (Å²) in [6, 6.07) is 1.54. The van der Waals surface area contributed by atoms with Crippen LogP contribution in [0.3, 0.4) is 0 Å². The topological polar surface area (TPSA) is 84.1 Å². The molecule has 1 amide bonds. The smallest absolute Gasteiger partial charge is 0.331 e. The molecule has 0 aliphatic carbocycles. The first-order valence-corrected chi connectivity index (χ1v) is 5.91. The summed E-state index contributed by atoms with van der Waals surface area (Å²) in [5, 5.41) is 8.95. The lowest BCUT2D eigenvalue weighted by Crippen LogP contribution is -2.56. The lowest BCUT2D eigenvalue weighted by molar-refractivity contribution is -0.152. The maximum Gasteiger partial charge on any atom is 0.331 e. The van der Waals surface area contributed by atoms with E-state index in [-0.39, 0.29) is 18.4 Å². The fraction of sp³-hybridized carbons (Fsp3) is 0.583. The summed E-state index contributed by atoms with van der Waals surface area (Å²) in [5.41, 5.74) is -0.746. The number of carbonyl (C=O) groups is 2. The number of nitrogens with zero attached hydrogens (tertiary/aromatic N) is 1. The summed E-state index contributed by atoms with van der Waals surface area (Å²) < 4.78 is 5.01. The first-order chi connectivity index (χ1) is 8.41. The number of rotatable bonds is 5. The molecular weight excluding hydrogens is 234 g/mol. The van der Waals surface area contributed by atoms with Crippen LogP contribution < -0.4 is 5.32 Å². The predicted molar refractivity (Wildman–Crippen MR) is 65.9 cm³/mol. The largest absolute Gasteiger partial charge is 0.464 e. The van der Waals surface area contributed by atoms with Gasteiger partial charge in [0, 0.05) is 6.20 Å².